The van der Waals surface area contributed by atoms with E-state index in [2.05, 4.69) is 22.5 Å². The fraction of sp³-hybridized carbons (Fsp3) is 0.588. The highest BCUT2D eigenvalue weighted by Crippen LogP contribution is 2.27. The van der Waals surface area contributed by atoms with Crippen LogP contribution >= 0.6 is 11.6 Å². The van der Waals surface area contributed by atoms with E-state index >= 15 is 0 Å². The van der Waals surface area contributed by atoms with Crippen molar-refractivity contribution < 1.29 is 9.53 Å². The Labute approximate surface area is 143 Å². The SMILES string of the molecule is CCCN(CC(=O)Nc1ccc(OC)c(Cl)c1)C1CCNCC1. The van der Waals surface area contributed by atoms with Crippen molar-refractivity contribution in [2.45, 2.75) is 32.2 Å². The number of piperidine rings is 1. The maximum atomic E-state index is 12.4. The summed E-state index contributed by atoms with van der Waals surface area (Å²) in [5.74, 6) is 0.602. The molecule has 1 aliphatic heterocycles. The highest BCUT2D eigenvalue weighted by molar-refractivity contribution is 6.32. The van der Waals surface area contributed by atoms with Gasteiger partial charge in [0, 0.05) is 11.7 Å². The van der Waals surface area contributed by atoms with Crippen molar-refractivity contribution in [3.63, 3.8) is 0 Å². The number of anilines is 1. The Balaban J connectivity index is 1.94. The zero-order valence-corrected chi connectivity index (χ0v) is 14.7. The molecule has 128 valence electrons. The number of methoxy groups -OCH3 is 1. The monoisotopic (exact) mass is 339 g/mol. The van der Waals surface area contributed by atoms with E-state index in [4.69, 9.17) is 16.3 Å². The number of carbonyl (C=O) groups is 1. The van der Waals surface area contributed by atoms with Gasteiger partial charge in [0.05, 0.1) is 18.7 Å². The molecule has 5 nitrogen and oxygen atoms in total. The molecular weight excluding hydrogens is 314 g/mol. The van der Waals surface area contributed by atoms with Crippen LogP contribution in [0.5, 0.6) is 5.75 Å². The predicted octanol–water partition coefficient (Wildman–Crippen LogP) is 2.75. The third-order valence-electron chi connectivity index (χ3n) is 4.12. The van der Waals surface area contributed by atoms with Crippen molar-refractivity contribution in [3.8, 4) is 5.75 Å². The van der Waals surface area contributed by atoms with Gasteiger partial charge < -0.3 is 15.4 Å². The summed E-state index contributed by atoms with van der Waals surface area (Å²) < 4.78 is 5.12. The summed E-state index contributed by atoms with van der Waals surface area (Å²) in [7, 11) is 1.57. The van der Waals surface area contributed by atoms with Crippen molar-refractivity contribution in [2.75, 3.05) is 38.6 Å². The molecule has 0 unspecified atom stereocenters. The lowest BCUT2D eigenvalue weighted by atomic mass is 10.0. The molecule has 1 aliphatic rings. The van der Waals surface area contributed by atoms with E-state index in [9.17, 15) is 4.79 Å². The minimum atomic E-state index is -0.00165. The van der Waals surface area contributed by atoms with Gasteiger partial charge in [-0.1, -0.05) is 18.5 Å². The van der Waals surface area contributed by atoms with E-state index < -0.39 is 0 Å². The van der Waals surface area contributed by atoms with E-state index in [0.29, 0.717) is 29.0 Å². The molecular formula is C17H26ClN3O2. The summed E-state index contributed by atoms with van der Waals surface area (Å²) in [6, 6.07) is 5.76. The van der Waals surface area contributed by atoms with E-state index in [1.54, 1.807) is 25.3 Å². The van der Waals surface area contributed by atoms with Crippen LogP contribution in [0.3, 0.4) is 0 Å². The molecule has 23 heavy (non-hydrogen) atoms. The van der Waals surface area contributed by atoms with E-state index in [1.807, 2.05) is 0 Å². The van der Waals surface area contributed by atoms with Gasteiger partial charge in [0.1, 0.15) is 5.75 Å². The van der Waals surface area contributed by atoms with Crippen LogP contribution in [0.1, 0.15) is 26.2 Å². The topological polar surface area (TPSA) is 53.6 Å². The minimum Gasteiger partial charge on any atom is -0.495 e. The first-order valence-electron chi connectivity index (χ1n) is 8.22. The Kier molecular flexibility index (Phi) is 7.15. The van der Waals surface area contributed by atoms with Gasteiger partial charge in [0.25, 0.3) is 0 Å². The number of nitrogens with one attached hydrogen (secondary N) is 2. The lowest BCUT2D eigenvalue weighted by Gasteiger charge is -2.34. The summed E-state index contributed by atoms with van der Waals surface area (Å²) in [6.45, 7) is 5.57. The molecule has 0 radical (unpaired) electrons. The Morgan fingerprint density at radius 1 is 1.43 bits per heavy atom. The second-order valence-electron chi connectivity index (χ2n) is 5.85. The van der Waals surface area contributed by atoms with Gasteiger partial charge in [-0.15, -0.1) is 0 Å². The Bertz CT molecular complexity index is 519. The lowest BCUT2D eigenvalue weighted by molar-refractivity contribution is -0.118. The Hall–Kier alpha value is -1.30. The molecule has 1 aromatic carbocycles. The number of amides is 1. The number of hydrogen-bond acceptors (Lipinski definition) is 4. The zero-order chi connectivity index (χ0) is 16.7. The zero-order valence-electron chi connectivity index (χ0n) is 13.9. The lowest BCUT2D eigenvalue weighted by Crippen LogP contribution is -2.46. The van der Waals surface area contributed by atoms with Gasteiger partial charge in [-0.2, -0.15) is 0 Å². The standard InChI is InChI=1S/C17H26ClN3O2/c1-3-10-21(14-6-8-19-9-7-14)12-17(22)20-13-4-5-16(23-2)15(18)11-13/h4-5,11,14,19H,3,6-10,12H2,1-2H3,(H,20,22). The average Bonchev–Trinajstić information content (AvgIpc) is 2.55. The molecule has 0 aromatic heterocycles. The molecule has 1 aromatic rings. The van der Waals surface area contributed by atoms with Crippen molar-refractivity contribution in [2.24, 2.45) is 0 Å². The summed E-state index contributed by atoms with van der Waals surface area (Å²) in [5, 5.41) is 6.79. The molecule has 0 saturated carbocycles. The van der Waals surface area contributed by atoms with Crippen molar-refractivity contribution >= 4 is 23.2 Å². The number of ether oxygens (including phenoxy) is 1. The van der Waals surface area contributed by atoms with Gasteiger partial charge in [-0.25, -0.2) is 0 Å². The van der Waals surface area contributed by atoms with E-state index in [0.717, 1.165) is 38.9 Å². The summed E-state index contributed by atoms with van der Waals surface area (Å²) >= 11 is 6.10. The van der Waals surface area contributed by atoms with Crippen LogP contribution in [0, 0.1) is 0 Å². The molecule has 0 aliphatic carbocycles. The van der Waals surface area contributed by atoms with Crippen LogP contribution < -0.4 is 15.4 Å². The summed E-state index contributed by atoms with van der Waals surface area (Å²) in [6.07, 6.45) is 3.24. The highest BCUT2D eigenvalue weighted by Gasteiger charge is 2.22. The second kappa shape index (κ2) is 9.11. The molecule has 1 saturated heterocycles. The molecule has 1 amide bonds. The van der Waals surface area contributed by atoms with Crippen LogP contribution in [-0.2, 0) is 4.79 Å². The molecule has 0 spiro atoms. The molecule has 1 heterocycles. The molecule has 0 atom stereocenters. The quantitative estimate of drug-likeness (QED) is 0.802. The average molecular weight is 340 g/mol. The third-order valence-corrected chi connectivity index (χ3v) is 4.41. The Morgan fingerprint density at radius 3 is 2.78 bits per heavy atom. The second-order valence-corrected chi connectivity index (χ2v) is 6.26. The highest BCUT2D eigenvalue weighted by atomic mass is 35.5. The first-order valence-corrected chi connectivity index (χ1v) is 8.60. The van der Waals surface area contributed by atoms with Gasteiger partial charge in [0.15, 0.2) is 0 Å². The predicted molar refractivity (Wildman–Crippen MR) is 94.4 cm³/mol. The summed E-state index contributed by atoms with van der Waals surface area (Å²) in [4.78, 5) is 14.7. The van der Waals surface area contributed by atoms with Crippen molar-refractivity contribution in [1.82, 2.24) is 10.2 Å². The number of hydrogen-bond donors (Lipinski definition) is 2. The number of nitrogens with zero attached hydrogens (tertiary/aromatic N) is 1. The van der Waals surface area contributed by atoms with Crippen LogP contribution in [0.25, 0.3) is 0 Å². The molecule has 1 fully saturated rings. The van der Waals surface area contributed by atoms with Crippen molar-refractivity contribution in [1.29, 1.82) is 0 Å². The molecule has 0 bridgehead atoms. The number of rotatable bonds is 7. The maximum absolute atomic E-state index is 12.4. The molecule has 2 N–H and O–H groups in total. The fourth-order valence-corrected chi connectivity index (χ4v) is 3.24. The van der Waals surface area contributed by atoms with Gasteiger partial charge in [-0.05, 0) is 57.1 Å². The fourth-order valence-electron chi connectivity index (χ4n) is 2.98. The first-order chi connectivity index (χ1) is 11.1. The minimum absolute atomic E-state index is 0.00165. The first kappa shape index (κ1) is 18.0. The van der Waals surface area contributed by atoms with Crippen LogP contribution in [-0.4, -0.2) is 50.1 Å². The smallest absolute Gasteiger partial charge is 0.238 e. The number of halogens is 1. The largest absolute Gasteiger partial charge is 0.495 e. The molecule has 2 rings (SSSR count). The normalized spacial score (nSPS) is 15.7. The van der Waals surface area contributed by atoms with Crippen molar-refractivity contribution in [3.05, 3.63) is 23.2 Å². The van der Waals surface area contributed by atoms with Crippen LogP contribution in [0.15, 0.2) is 18.2 Å². The summed E-state index contributed by atoms with van der Waals surface area (Å²) in [5.41, 5.74) is 0.697. The van der Waals surface area contributed by atoms with Crippen LogP contribution in [0.4, 0.5) is 5.69 Å². The van der Waals surface area contributed by atoms with Gasteiger partial charge in [-0.3, -0.25) is 9.69 Å². The van der Waals surface area contributed by atoms with E-state index in [1.165, 1.54) is 0 Å². The van der Waals surface area contributed by atoms with Gasteiger partial charge >= 0.3 is 0 Å². The third kappa shape index (κ3) is 5.37. The Morgan fingerprint density at radius 2 is 2.17 bits per heavy atom. The number of benzene rings is 1. The number of carbonyl (C=O) groups excluding carboxylic acids is 1. The maximum Gasteiger partial charge on any atom is 0.238 e. The van der Waals surface area contributed by atoms with Gasteiger partial charge in [0.2, 0.25) is 5.91 Å². The van der Waals surface area contributed by atoms with Crippen LogP contribution in [0.2, 0.25) is 5.02 Å². The molecule has 6 heteroatoms. The van der Waals surface area contributed by atoms with E-state index in [-0.39, 0.29) is 5.91 Å².